The lowest BCUT2D eigenvalue weighted by Crippen LogP contribution is -2.20. The first kappa shape index (κ1) is 24.9. The molecule has 0 saturated carbocycles. The lowest BCUT2D eigenvalue weighted by molar-refractivity contribution is -0.138. The molecule has 0 atom stereocenters. The van der Waals surface area contributed by atoms with Gasteiger partial charge in [0, 0.05) is 47.7 Å². The maximum absolute atomic E-state index is 13.5. The van der Waals surface area contributed by atoms with E-state index in [9.17, 15) is 18.0 Å². The number of nitrogens with one attached hydrogen (secondary N) is 2. The van der Waals surface area contributed by atoms with Gasteiger partial charge in [-0.3, -0.25) is 9.36 Å². The predicted molar refractivity (Wildman–Crippen MR) is 139 cm³/mol. The summed E-state index contributed by atoms with van der Waals surface area (Å²) in [6.07, 6.45) is -1.44. The zero-order chi connectivity index (χ0) is 27.2. The minimum Gasteiger partial charge on any atom is -0.496 e. The molecule has 5 rings (SSSR count). The van der Waals surface area contributed by atoms with E-state index in [1.54, 1.807) is 32.4 Å². The third-order valence-electron chi connectivity index (χ3n) is 6.26. The lowest BCUT2D eigenvalue weighted by Gasteiger charge is -2.16. The summed E-state index contributed by atoms with van der Waals surface area (Å²) in [5.41, 5.74) is 1.28. The molecule has 2 N–H and O–H groups in total. The Morgan fingerprint density at radius 1 is 1.05 bits per heavy atom. The summed E-state index contributed by atoms with van der Waals surface area (Å²) in [5.74, 6) is 0.337. The Kier molecular flexibility index (Phi) is 6.09. The molecule has 0 aliphatic rings. The Morgan fingerprint density at radius 2 is 1.84 bits per heavy atom. The highest BCUT2D eigenvalue weighted by Gasteiger charge is 2.34. The topological polar surface area (TPSA) is 107 Å². The van der Waals surface area contributed by atoms with Crippen LogP contribution < -0.4 is 20.9 Å². The monoisotopic (exact) mass is 521 g/mol. The van der Waals surface area contributed by atoms with Gasteiger partial charge in [0.05, 0.1) is 18.9 Å². The third kappa shape index (κ3) is 4.23. The van der Waals surface area contributed by atoms with Crippen molar-refractivity contribution in [2.45, 2.75) is 13.1 Å². The Hall–Kier alpha value is -4.74. The normalized spacial score (nSPS) is 11.7. The standard InChI is InChI=1S/C26H22F3N7O2/c1-13-5-7-16-18(21(13)17-9-14-11-31-25(30-2)34-23(14)36(3)24(17)37)12-32-35-22(16)33-15-6-8-20(38-4)19(10-15)26(27,28)29/h5-12H,1-4H3,(H,33,35)(H,30,31,34). The van der Waals surface area contributed by atoms with Crippen LogP contribution in [0.5, 0.6) is 5.75 Å². The summed E-state index contributed by atoms with van der Waals surface area (Å²) < 4.78 is 46.9. The van der Waals surface area contributed by atoms with Gasteiger partial charge in [0.1, 0.15) is 11.4 Å². The first-order valence-corrected chi connectivity index (χ1v) is 11.4. The van der Waals surface area contributed by atoms with Crippen molar-refractivity contribution in [3.8, 4) is 16.9 Å². The summed E-state index contributed by atoms with van der Waals surface area (Å²) in [7, 11) is 4.51. The van der Waals surface area contributed by atoms with Crippen LogP contribution >= 0.6 is 0 Å². The highest BCUT2D eigenvalue weighted by Crippen LogP contribution is 2.39. The van der Waals surface area contributed by atoms with Crippen LogP contribution in [-0.2, 0) is 13.2 Å². The number of ether oxygens (including phenoxy) is 1. The zero-order valence-electron chi connectivity index (χ0n) is 20.8. The van der Waals surface area contributed by atoms with E-state index in [0.29, 0.717) is 38.9 Å². The van der Waals surface area contributed by atoms with Crippen molar-refractivity contribution in [3.63, 3.8) is 0 Å². The van der Waals surface area contributed by atoms with Crippen LogP contribution in [0.2, 0.25) is 0 Å². The van der Waals surface area contributed by atoms with E-state index in [4.69, 9.17) is 4.74 Å². The third-order valence-corrected chi connectivity index (χ3v) is 6.26. The zero-order valence-corrected chi connectivity index (χ0v) is 20.8. The van der Waals surface area contributed by atoms with E-state index in [1.807, 2.05) is 13.0 Å². The van der Waals surface area contributed by atoms with Gasteiger partial charge in [-0.1, -0.05) is 12.1 Å². The number of rotatable bonds is 5. The van der Waals surface area contributed by atoms with Gasteiger partial charge in [-0.15, -0.1) is 5.10 Å². The van der Waals surface area contributed by atoms with Crippen molar-refractivity contribution in [3.05, 3.63) is 70.3 Å². The molecular weight excluding hydrogens is 499 g/mol. The molecule has 0 amide bonds. The molecule has 0 saturated heterocycles. The van der Waals surface area contributed by atoms with Crippen LogP contribution in [0.25, 0.3) is 32.9 Å². The number of benzene rings is 2. The number of hydrogen-bond acceptors (Lipinski definition) is 8. The van der Waals surface area contributed by atoms with Crippen molar-refractivity contribution >= 4 is 39.3 Å². The molecule has 0 aliphatic heterocycles. The maximum atomic E-state index is 13.5. The molecule has 194 valence electrons. The molecule has 0 aliphatic carbocycles. The molecule has 5 aromatic rings. The molecule has 0 spiro atoms. The number of anilines is 3. The number of hydrogen-bond donors (Lipinski definition) is 2. The first-order chi connectivity index (χ1) is 18.1. The smallest absolute Gasteiger partial charge is 0.420 e. The summed E-state index contributed by atoms with van der Waals surface area (Å²) in [6.45, 7) is 1.87. The van der Waals surface area contributed by atoms with Crippen LogP contribution in [-0.4, -0.2) is 38.9 Å². The quantitative estimate of drug-likeness (QED) is 0.331. The minimum absolute atomic E-state index is 0.154. The molecule has 38 heavy (non-hydrogen) atoms. The summed E-state index contributed by atoms with van der Waals surface area (Å²) in [4.78, 5) is 22.1. The molecular formula is C26H22F3N7O2. The maximum Gasteiger partial charge on any atom is 0.420 e. The molecule has 9 nitrogen and oxygen atoms in total. The van der Waals surface area contributed by atoms with Gasteiger partial charge >= 0.3 is 6.18 Å². The number of pyridine rings is 1. The van der Waals surface area contributed by atoms with Crippen LogP contribution in [0.1, 0.15) is 11.1 Å². The van der Waals surface area contributed by atoms with Crippen molar-refractivity contribution in [2.24, 2.45) is 7.05 Å². The molecule has 0 bridgehead atoms. The Bertz CT molecular complexity index is 1770. The predicted octanol–water partition coefficient (Wildman–Crippen LogP) is 5.06. The van der Waals surface area contributed by atoms with Crippen LogP contribution in [0.15, 0.2) is 53.6 Å². The van der Waals surface area contributed by atoms with Gasteiger partial charge in [0.25, 0.3) is 5.56 Å². The van der Waals surface area contributed by atoms with E-state index in [0.717, 1.165) is 11.6 Å². The van der Waals surface area contributed by atoms with E-state index in [2.05, 4.69) is 30.8 Å². The number of fused-ring (bicyclic) bond motifs is 2. The largest absolute Gasteiger partial charge is 0.496 e. The van der Waals surface area contributed by atoms with E-state index in [-0.39, 0.29) is 22.8 Å². The van der Waals surface area contributed by atoms with E-state index in [1.165, 1.54) is 30.0 Å². The fourth-order valence-electron chi connectivity index (χ4n) is 4.41. The molecule has 0 unspecified atom stereocenters. The van der Waals surface area contributed by atoms with Crippen LogP contribution in [0, 0.1) is 6.92 Å². The fraction of sp³-hybridized carbons (Fsp3) is 0.192. The van der Waals surface area contributed by atoms with Gasteiger partial charge in [-0.05, 0) is 42.3 Å². The number of halogens is 3. The molecule has 3 aromatic heterocycles. The van der Waals surface area contributed by atoms with Gasteiger partial charge in [0.2, 0.25) is 5.95 Å². The molecule has 2 aromatic carbocycles. The number of aromatic nitrogens is 5. The summed E-state index contributed by atoms with van der Waals surface area (Å²) in [5, 5.41) is 15.8. The van der Waals surface area contributed by atoms with Gasteiger partial charge in [-0.2, -0.15) is 23.3 Å². The first-order valence-electron chi connectivity index (χ1n) is 11.4. The molecule has 0 radical (unpaired) electrons. The van der Waals surface area contributed by atoms with E-state index >= 15 is 0 Å². The second kappa shape index (κ2) is 9.29. The highest BCUT2D eigenvalue weighted by atomic mass is 19.4. The fourth-order valence-corrected chi connectivity index (χ4v) is 4.41. The number of alkyl halides is 3. The Balaban J connectivity index is 1.67. The average Bonchev–Trinajstić information content (AvgIpc) is 2.90. The van der Waals surface area contributed by atoms with Gasteiger partial charge < -0.3 is 15.4 Å². The second-order valence-corrected chi connectivity index (χ2v) is 8.59. The number of nitrogens with zero attached hydrogens (tertiary/aromatic N) is 5. The van der Waals surface area contributed by atoms with Gasteiger partial charge in [0.15, 0.2) is 5.82 Å². The average molecular weight is 522 g/mol. The summed E-state index contributed by atoms with van der Waals surface area (Å²) >= 11 is 0. The Morgan fingerprint density at radius 3 is 2.55 bits per heavy atom. The SMILES string of the molecule is CNc1ncc2cc(-c3c(C)ccc4c(Nc5ccc(OC)c(C(F)(F)F)c5)nncc34)c(=O)n(C)c2n1. The van der Waals surface area contributed by atoms with Crippen molar-refractivity contribution < 1.29 is 17.9 Å². The van der Waals surface area contributed by atoms with Crippen molar-refractivity contribution in [2.75, 3.05) is 24.8 Å². The van der Waals surface area contributed by atoms with Crippen molar-refractivity contribution in [1.82, 2.24) is 24.7 Å². The van der Waals surface area contributed by atoms with Crippen LogP contribution in [0.4, 0.5) is 30.6 Å². The van der Waals surface area contributed by atoms with E-state index < -0.39 is 11.7 Å². The second-order valence-electron chi connectivity index (χ2n) is 8.59. The lowest BCUT2D eigenvalue weighted by atomic mass is 9.95. The molecule has 12 heteroatoms. The Labute approximate surface area is 214 Å². The molecule has 3 heterocycles. The highest BCUT2D eigenvalue weighted by molar-refractivity contribution is 6.03. The van der Waals surface area contributed by atoms with Crippen LogP contribution in [0.3, 0.4) is 0 Å². The summed E-state index contributed by atoms with van der Waals surface area (Å²) in [6, 6.07) is 8.98. The van der Waals surface area contributed by atoms with Gasteiger partial charge in [-0.25, -0.2) is 4.98 Å². The molecule has 0 fully saturated rings. The number of aryl methyl sites for hydroxylation is 2. The number of methoxy groups -OCH3 is 1. The van der Waals surface area contributed by atoms with Crippen molar-refractivity contribution in [1.29, 1.82) is 0 Å². The minimum atomic E-state index is -4.61.